The molecule has 0 spiro atoms. The van der Waals surface area contributed by atoms with Gasteiger partial charge in [0.05, 0.1) is 17.4 Å². The Hall–Kier alpha value is -2.42. The van der Waals surface area contributed by atoms with Crippen LogP contribution in [0.15, 0.2) is 29.4 Å². The van der Waals surface area contributed by atoms with E-state index >= 15 is 0 Å². The van der Waals surface area contributed by atoms with Gasteiger partial charge in [-0.05, 0) is 18.1 Å². The van der Waals surface area contributed by atoms with Gasteiger partial charge in [0, 0.05) is 13.6 Å². The first-order valence-electron chi connectivity index (χ1n) is 6.15. The van der Waals surface area contributed by atoms with E-state index in [0.29, 0.717) is 12.0 Å². The van der Waals surface area contributed by atoms with Crippen LogP contribution in [-0.2, 0) is 23.5 Å². The number of anilines is 1. The lowest BCUT2D eigenvalue weighted by molar-refractivity contribution is 0.0698. The summed E-state index contributed by atoms with van der Waals surface area (Å²) in [5.74, 6) is -1.16. The van der Waals surface area contributed by atoms with Gasteiger partial charge in [0.2, 0.25) is 0 Å². The molecule has 1 aromatic carbocycles. The number of para-hydroxylation sites is 1. The summed E-state index contributed by atoms with van der Waals surface area (Å²) in [4.78, 5) is 11.3. The summed E-state index contributed by atoms with van der Waals surface area (Å²) in [5, 5.41) is 16.4. The largest absolute Gasteiger partial charge is 0.478 e. The molecule has 0 bridgehead atoms. The lowest BCUT2D eigenvalue weighted by Gasteiger charge is -2.20. The fourth-order valence-corrected chi connectivity index (χ4v) is 4.03. The van der Waals surface area contributed by atoms with Gasteiger partial charge in [0.1, 0.15) is 0 Å². The standard InChI is InChI=1S/C12H12N4O4S/c1-15-10(7-13-14-15)21(19,20)16-6-5-8-3-2-4-9(11(8)16)12(17)18/h2-4,7H,5-6H2,1H3,(H,17,18). The Bertz CT molecular complexity index is 828. The SMILES string of the molecule is Cn1nncc1S(=O)(=O)N1CCc2cccc(C(=O)O)c21. The van der Waals surface area contributed by atoms with Gasteiger partial charge in [-0.2, -0.15) is 8.42 Å². The third-order valence-corrected chi connectivity index (χ3v) is 5.25. The summed E-state index contributed by atoms with van der Waals surface area (Å²) >= 11 is 0. The monoisotopic (exact) mass is 308 g/mol. The number of nitrogens with zero attached hydrogens (tertiary/aromatic N) is 4. The van der Waals surface area contributed by atoms with Crippen molar-refractivity contribution in [2.24, 2.45) is 7.05 Å². The molecule has 0 aliphatic carbocycles. The number of carbonyl (C=O) groups is 1. The minimum atomic E-state index is -3.89. The number of benzene rings is 1. The molecule has 8 nitrogen and oxygen atoms in total. The molecule has 0 atom stereocenters. The van der Waals surface area contributed by atoms with Gasteiger partial charge in [-0.1, -0.05) is 17.3 Å². The second-order valence-corrected chi connectivity index (χ2v) is 6.45. The number of fused-ring (bicyclic) bond motifs is 1. The van der Waals surface area contributed by atoms with Crippen LogP contribution in [0, 0.1) is 0 Å². The molecule has 0 saturated carbocycles. The van der Waals surface area contributed by atoms with Crippen LogP contribution in [0.5, 0.6) is 0 Å². The molecule has 0 radical (unpaired) electrons. The maximum atomic E-state index is 12.7. The zero-order valence-electron chi connectivity index (χ0n) is 11.1. The zero-order valence-corrected chi connectivity index (χ0v) is 11.9. The van der Waals surface area contributed by atoms with Crippen molar-refractivity contribution in [3.63, 3.8) is 0 Å². The molecule has 2 heterocycles. The summed E-state index contributed by atoms with van der Waals surface area (Å²) in [5.41, 5.74) is 0.906. The number of aryl methyl sites for hydroxylation is 1. The highest BCUT2D eigenvalue weighted by Gasteiger charge is 2.35. The molecule has 1 aromatic heterocycles. The van der Waals surface area contributed by atoms with Crippen molar-refractivity contribution in [2.75, 3.05) is 10.8 Å². The minimum Gasteiger partial charge on any atom is -0.478 e. The summed E-state index contributed by atoms with van der Waals surface area (Å²) < 4.78 is 27.6. The first-order valence-corrected chi connectivity index (χ1v) is 7.59. The van der Waals surface area contributed by atoms with E-state index in [1.807, 2.05) is 0 Å². The predicted octanol–water partition coefficient (Wildman–Crippen LogP) is 0.265. The highest BCUT2D eigenvalue weighted by Crippen LogP contribution is 2.35. The van der Waals surface area contributed by atoms with Crippen LogP contribution < -0.4 is 4.31 Å². The summed E-state index contributed by atoms with van der Waals surface area (Å²) in [6, 6.07) is 4.75. The Balaban J connectivity index is 2.18. The van der Waals surface area contributed by atoms with Gasteiger partial charge in [-0.25, -0.2) is 9.48 Å². The van der Waals surface area contributed by atoms with E-state index in [-0.39, 0.29) is 22.8 Å². The Morgan fingerprint density at radius 1 is 1.38 bits per heavy atom. The Kier molecular flexibility index (Phi) is 2.94. The molecule has 2 aromatic rings. The third-order valence-electron chi connectivity index (χ3n) is 3.41. The fourth-order valence-electron chi connectivity index (χ4n) is 2.46. The topological polar surface area (TPSA) is 105 Å². The average molecular weight is 308 g/mol. The van der Waals surface area contributed by atoms with Crippen LogP contribution >= 0.6 is 0 Å². The van der Waals surface area contributed by atoms with Crippen LogP contribution in [0.2, 0.25) is 0 Å². The van der Waals surface area contributed by atoms with Crippen LogP contribution in [0.1, 0.15) is 15.9 Å². The van der Waals surface area contributed by atoms with Gasteiger partial charge < -0.3 is 5.11 Å². The van der Waals surface area contributed by atoms with Gasteiger partial charge in [0.25, 0.3) is 10.0 Å². The number of sulfonamides is 1. The van der Waals surface area contributed by atoms with Crippen molar-refractivity contribution < 1.29 is 18.3 Å². The van der Waals surface area contributed by atoms with E-state index in [2.05, 4.69) is 10.3 Å². The van der Waals surface area contributed by atoms with Gasteiger partial charge in [0.15, 0.2) is 5.03 Å². The van der Waals surface area contributed by atoms with Gasteiger partial charge >= 0.3 is 5.97 Å². The van der Waals surface area contributed by atoms with E-state index in [0.717, 1.165) is 15.2 Å². The third kappa shape index (κ3) is 1.97. The van der Waals surface area contributed by atoms with E-state index < -0.39 is 16.0 Å². The molecule has 1 N–H and O–H groups in total. The Labute approximate surface area is 120 Å². The van der Waals surface area contributed by atoms with Crippen molar-refractivity contribution in [3.05, 3.63) is 35.5 Å². The quantitative estimate of drug-likeness (QED) is 0.872. The first kappa shape index (κ1) is 13.6. The molecule has 21 heavy (non-hydrogen) atoms. The fraction of sp³-hybridized carbons (Fsp3) is 0.250. The summed E-state index contributed by atoms with van der Waals surface area (Å²) in [6.07, 6.45) is 1.62. The van der Waals surface area contributed by atoms with Crippen LogP contribution in [0.25, 0.3) is 0 Å². The maximum Gasteiger partial charge on any atom is 0.337 e. The number of hydrogen-bond donors (Lipinski definition) is 1. The molecule has 1 aliphatic heterocycles. The molecule has 0 amide bonds. The molecular formula is C12H12N4O4S. The summed E-state index contributed by atoms with van der Waals surface area (Å²) in [7, 11) is -2.42. The highest BCUT2D eigenvalue weighted by molar-refractivity contribution is 7.92. The molecule has 0 saturated heterocycles. The van der Waals surface area contributed by atoms with Crippen molar-refractivity contribution in [1.29, 1.82) is 0 Å². The van der Waals surface area contributed by atoms with Crippen LogP contribution in [0.4, 0.5) is 5.69 Å². The lowest BCUT2D eigenvalue weighted by Crippen LogP contribution is -2.31. The van der Waals surface area contributed by atoms with E-state index in [4.69, 9.17) is 0 Å². The van der Waals surface area contributed by atoms with Gasteiger partial charge in [-0.3, -0.25) is 4.31 Å². The van der Waals surface area contributed by atoms with E-state index in [9.17, 15) is 18.3 Å². The summed E-state index contributed by atoms with van der Waals surface area (Å²) in [6.45, 7) is 0.202. The van der Waals surface area contributed by atoms with Crippen molar-refractivity contribution in [2.45, 2.75) is 11.4 Å². The molecule has 3 rings (SSSR count). The first-order chi connectivity index (χ1) is 9.93. The van der Waals surface area contributed by atoms with Crippen LogP contribution in [0.3, 0.4) is 0 Å². The number of carboxylic acid groups (broad SMARTS) is 1. The van der Waals surface area contributed by atoms with Crippen molar-refractivity contribution in [1.82, 2.24) is 15.0 Å². The molecule has 0 unspecified atom stereocenters. The predicted molar refractivity (Wildman–Crippen MR) is 72.6 cm³/mol. The molecule has 1 aliphatic rings. The van der Waals surface area contributed by atoms with E-state index in [1.54, 1.807) is 12.1 Å². The second-order valence-electron chi connectivity index (χ2n) is 4.64. The number of hydrogen-bond acceptors (Lipinski definition) is 5. The lowest BCUT2D eigenvalue weighted by atomic mass is 10.1. The Morgan fingerprint density at radius 2 is 2.14 bits per heavy atom. The van der Waals surface area contributed by atoms with Gasteiger partial charge in [-0.15, -0.1) is 5.10 Å². The minimum absolute atomic E-state index is 0.0243. The normalized spacial score (nSPS) is 14.2. The highest BCUT2D eigenvalue weighted by atomic mass is 32.2. The number of carboxylic acids is 1. The van der Waals surface area contributed by atoms with Crippen molar-refractivity contribution in [3.8, 4) is 0 Å². The molecule has 9 heteroatoms. The average Bonchev–Trinajstić information content (AvgIpc) is 3.04. The Morgan fingerprint density at radius 3 is 2.76 bits per heavy atom. The van der Waals surface area contributed by atoms with E-state index in [1.165, 1.54) is 13.1 Å². The zero-order chi connectivity index (χ0) is 15.2. The molecule has 0 fully saturated rings. The smallest absolute Gasteiger partial charge is 0.337 e. The molecular weight excluding hydrogens is 296 g/mol. The number of aromatic nitrogens is 3. The number of aromatic carboxylic acids is 1. The van der Waals surface area contributed by atoms with Crippen LogP contribution in [-0.4, -0.2) is 41.0 Å². The molecule has 110 valence electrons. The maximum absolute atomic E-state index is 12.7. The second kappa shape index (κ2) is 4.55. The number of rotatable bonds is 3. The van der Waals surface area contributed by atoms with Crippen molar-refractivity contribution >= 4 is 21.7 Å².